The zero-order chi connectivity index (χ0) is 21.7. The smallest absolute Gasteiger partial charge is 0.261 e. The van der Waals surface area contributed by atoms with Crippen molar-refractivity contribution < 1.29 is 9.59 Å². The highest BCUT2D eigenvalue weighted by Gasteiger charge is 2.36. The number of imide groups is 1. The highest BCUT2D eigenvalue weighted by Crippen LogP contribution is 2.34. The van der Waals surface area contributed by atoms with Gasteiger partial charge in [0.1, 0.15) is 0 Å². The maximum atomic E-state index is 13.2. The van der Waals surface area contributed by atoms with Gasteiger partial charge in [-0.2, -0.15) is 0 Å². The summed E-state index contributed by atoms with van der Waals surface area (Å²) in [6.45, 7) is -0.0130. The predicted molar refractivity (Wildman–Crippen MR) is 120 cm³/mol. The number of nitrogens with zero attached hydrogens (tertiary/aromatic N) is 2. The van der Waals surface area contributed by atoms with E-state index in [1.807, 2.05) is 36.4 Å². The van der Waals surface area contributed by atoms with Gasteiger partial charge in [-0.15, -0.1) is 0 Å². The first-order valence-electron chi connectivity index (χ1n) is 9.79. The number of carbonyl (C=O) groups excluding carboxylic acids is 2. The van der Waals surface area contributed by atoms with E-state index in [1.54, 1.807) is 43.4 Å². The number of rotatable bonds is 3. The molecule has 31 heavy (non-hydrogen) atoms. The molecule has 1 aliphatic rings. The van der Waals surface area contributed by atoms with Crippen molar-refractivity contribution in [2.24, 2.45) is 7.05 Å². The van der Waals surface area contributed by atoms with Crippen molar-refractivity contribution in [3.8, 4) is 11.1 Å². The molecule has 1 aromatic heterocycles. The summed E-state index contributed by atoms with van der Waals surface area (Å²) in [6.07, 6.45) is 0. The van der Waals surface area contributed by atoms with Crippen molar-refractivity contribution in [1.82, 2.24) is 9.47 Å². The van der Waals surface area contributed by atoms with Crippen LogP contribution in [-0.4, -0.2) is 21.3 Å². The number of hydrogen-bond acceptors (Lipinski definition) is 3. The second-order valence-corrected chi connectivity index (χ2v) is 7.92. The number of fused-ring (bicyclic) bond motifs is 2. The summed E-state index contributed by atoms with van der Waals surface area (Å²) >= 11 is 6.16. The van der Waals surface area contributed by atoms with Crippen LogP contribution in [0.4, 0.5) is 0 Å². The largest absolute Gasteiger partial charge is 0.313 e. The molecule has 0 N–H and O–H groups in total. The van der Waals surface area contributed by atoms with Gasteiger partial charge in [-0.25, -0.2) is 0 Å². The van der Waals surface area contributed by atoms with Crippen LogP contribution < -0.4 is 5.56 Å². The van der Waals surface area contributed by atoms with E-state index in [1.165, 1.54) is 9.47 Å². The van der Waals surface area contributed by atoms with Crippen LogP contribution in [0.2, 0.25) is 5.02 Å². The number of amides is 2. The third-order valence-corrected chi connectivity index (χ3v) is 5.96. The molecule has 2 amide bonds. The summed E-state index contributed by atoms with van der Waals surface area (Å²) in [7, 11) is 1.66. The van der Waals surface area contributed by atoms with Gasteiger partial charge >= 0.3 is 0 Å². The number of pyridine rings is 1. The summed E-state index contributed by atoms with van der Waals surface area (Å²) < 4.78 is 1.50. The lowest BCUT2D eigenvalue weighted by Crippen LogP contribution is -2.33. The fourth-order valence-electron chi connectivity index (χ4n) is 4.18. The highest BCUT2D eigenvalue weighted by molar-refractivity contribution is 6.31. The Kier molecular flexibility index (Phi) is 4.49. The minimum atomic E-state index is -0.358. The molecule has 0 radical (unpaired) electrons. The maximum absolute atomic E-state index is 13.2. The van der Waals surface area contributed by atoms with Crippen LogP contribution in [0.5, 0.6) is 0 Å². The molecule has 6 heteroatoms. The summed E-state index contributed by atoms with van der Waals surface area (Å²) in [6, 6.07) is 21.6. The number of aromatic nitrogens is 1. The van der Waals surface area contributed by atoms with Crippen molar-refractivity contribution in [2.45, 2.75) is 6.54 Å². The molecule has 0 saturated carbocycles. The topological polar surface area (TPSA) is 59.4 Å². The third-order valence-electron chi connectivity index (χ3n) is 5.73. The number of carbonyl (C=O) groups is 2. The van der Waals surface area contributed by atoms with Crippen molar-refractivity contribution in [3.63, 3.8) is 0 Å². The SMILES string of the molecule is Cn1c(CN2C(=O)c3ccccc3C2=O)c(-c2ccccc2)c2ccc(Cl)cc2c1=O. The lowest BCUT2D eigenvalue weighted by atomic mass is 9.96. The molecule has 2 heterocycles. The normalized spacial score (nSPS) is 13.2. The fraction of sp³-hybridized carbons (Fsp3) is 0.0800. The van der Waals surface area contributed by atoms with Crippen molar-refractivity contribution in [3.05, 3.63) is 105 Å². The molecule has 4 aromatic rings. The van der Waals surface area contributed by atoms with E-state index in [0.717, 1.165) is 16.5 Å². The summed E-state index contributed by atoms with van der Waals surface area (Å²) in [5.74, 6) is -0.716. The molecule has 5 rings (SSSR count). The molecule has 0 fully saturated rings. The molecule has 0 spiro atoms. The number of hydrogen-bond donors (Lipinski definition) is 0. The number of benzene rings is 3. The molecular formula is C25H17ClN2O3. The number of halogens is 1. The lowest BCUT2D eigenvalue weighted by Gasteiger charge is -2.21. The molecule has 0 bridgehead atoms. The van der Waals surface area contributed by atoms with E-state index >= 15 is 0 Å². The summed E-state index contributed by atoms with van der Waals surface area (Å²) in [5, 5.41) is 1.68. The third kappa shape index (κ3) is 2.97. The first kappa shape index (κ1) is 19.3. The van der Waals surface area contributed by atoms with E-state index in [0.29, 0.717) is 27.2 Å². The van der Waals surface area contributed by atoms with Gasteiger partial charge in [0.15, 0.2) is 0 Å². The van der Waals surface area contributed by atoms with Gasteiger partial charge < -0.3 is 4.57 Å². The Hall–Kier alpha value is -3.70. The quantitative estimate of drug-likeness (QED) is 0.446. The van der Waals surface area contributed by atoms with Crippen LogP contribution >= 0.6 is 11.6 Å². The average Bonchev–Trinajstić information content (AvgIpc) is 3.03. The maximum Gasteiger partial charge on any atom is 0.261 e. The van der Waals surface area contributed by atoms with Gasteiger partial charge in [0.05, 0.1) is 17.7 Å². The van der Waals surface area contributed by atoms with E-state index in [2.05, 4.69) is 0 Å². The van der Waals surface area contributed by atoms with Crippen LogP contribution in [0.25, 0.3) is 21.9 Å². The van der Waals surface area contributed by atoms with Gasteiger partial charge in [-0.1, -0.05) is 60.1 Å². The molecule has 0 saturated heterocycles. The average molecular weight is 429 g/mol. The van der Waals surface area contributed by atoms with E-state index < -0.39 is 0 Å². The van der Waals surface area contributed by atoms with E-state index in [9.17, 15) is 14.4 Å². The monoisotopic (exact) mass is 428 g/mol. The Labute approximate surface area is 183 Å². The van der Waals surface area contributed by atoms with E-state index in [4.69, 9.17) is 11.6 Å². The Morgan fingerprint density at radius 2 is 1.39 bits per heavy atom. The lowest BCUT2D eigenvalue weighted by molar-refractivity contribution is 0.0639. The van der Waals surface area contributed by atoms with Crippen LogP contribution in [0.3, 0.4) is 0 Å². The second-order valence-electron chi connectivity index (χ2n) is 7.48. The first-order chi connectivity index (χ1) is 15.0. The van der Waals surface area contributed by atoms with Gasteiger partial charge in [0, 0.05) is 28.7 Å². The molecular weight excluding hydrogens is 412 g/mol. The molecule has 3 aromatic carbocycles. The van der Waals surface area contributed by atoms with Crippen LogP contribution in [-0.2, 0) is 13.6 Å². The van der Waals surface area contributed by atoms with Crippen molar-refractivity contribution in [1.29, 1.82) is 0 Å². The zero-order valence-corrected chi connectivity index (χ0v) is 17.4. The molecule has 0 aliphatic carbocycles. The standard InChI is InChI=1S/C25H17ClN2O3/c1-27-21(14-28-24(30)18-9-5-6-10-19(18)25(28)31)22(15-7-3-2-4-8-15)17-12-11-16(26)13-20(17)23(27)29/h2-13H,14H2,1H3. The Morgan fingerprint density at radius 1 is 0.774 bits per heavy atom. The van der Waals surface area contributed by atoms with Gasteiger partial charge in [0.2, 0.25) is 0 Å². The summed E-state index contributed by atoms with van der Waals surface area (Å²) in [4.78, 5) is 40.3. The molecule has 0 atom stereocenters. The summed E-state index contributed by atoms with van der Waals surface area (Å²) in [5.41, 5.74) is 2.80. The molecule has 152 valence electrons. The van der Waals surface area contributed by atoms with E-state index in [-0.39, 0.29) is 23.9 Å². The van der Waals surface area contributed by atoms with Gasteiger partial charge in [0.25, 0.3) is 17.4 Å². The predicted octanol–water partition coefficient (Wildman–Crippen LogP) is 4.66. The minimum absolute atomic E-state index is 0.0130. The minimum Gasteiger partial charge on any atom is -0.313 e. The molecule has 5 nitrogen and oxygen atoms in total. The zero-order valence-electron chi connectivity index (χ0n) is 16.6. The molecule has 1 aliphatic heterocycles. The highest BCUT2D eigenvalue weighted by atomic mass is 35.5. The van der Waals surface area contributed by atoms with Crippen LogP contribution in [0.1, 0.15) is 26.4 Å². The fourth-order valence-corrected chi connectivity index (χ4v) is 4.35. The van der Waals surface area contributed by atoms with Gasteiger partial charge in [-0.3, -0.25) is 19.3 Å². The Balaban J connectivity index is 1.75. The second kappa shape index (κ2) is 7.22. The molecule has 0 unspecified atom stereocenters. The Bertz CT molecular complexity index is 1410. The Morgan fingerprint density at radius 3 is 2.03 bits per heavy atom. The van der Waals surface area contributed by atoms with Crippen molar-refractivity contribution in [2.75, 3.05) is 0 Å². The van der Waals surface area contributed by atoms with Crippen molar-refractivity contribution >= 4 is 34.2 Å². The van der Waals surface area contributed by atoms with Crippen LogP contribution in [0.15, 0.2) is 77.6 Å². The van der Waals surface area contributed by atoms with Gasteiger partial charge in [-0.05, 0) is 35.2 Å². The first-order valence-corrected chi connectivity index (χ1v) is 10.2. The van der Waals surface area contributed by atoms with Crippen LogP contribution in [0, 0.1) is 0 Å².